The van der Waals surface area contributed by atoms with Crippen LogP contribution in [0.25, 0.3) is 0 Å². The van der Waals surface area contributed by atoms with E-state index in [4.69, 9.17) is 0 Å². The number of carbonyl (C=O) groups is 1. The molecular formula is C15H20N2O3. The Kier molecular flexibility index (Phi) is 4.37. The zero-order valence-corrected chi connectivity index (χ0v) is 12.0. The monoisotopic (exact) mass is 276 g/mol. The van der Waals surface area contributed by atoms with Crippen molar-refractivity contribution in [1.82, 2.24) is 4.90 Å². The molecule has 0 radical (unpaired) electrons. The van der Waals surface area contributed by atoms with Gasteiger partial charge in [0.25, 0.3) is 11.6 Å². The van der Waals surface area contributed by atoms with Gasteiger partial charge in [-0.15, -0.1) is 0 Å². The minimum absolute atomic E-state index is 0.0464. The third-order valence-electron chi connectivity index (χ3n) is 4.08. The number of carbonyl (C=O) groups excluding carboxylic acids is 1. The Labute approximate surface area is 118 Å². The highest BCUT2D eigenvalue weighted by molar-refractivity contribution is 5.94. The van der Waals surface area contributed by atoms with Gasteiger partial charge in [-0.25, -0.2) is 0 Å². The van der Waals surface area contributed by atoms with Gasteiger partial charge < -0.3 is 4.90 Å². The van der Waals surface area contributed by atoms with Crippen LogP contribution in [0.4, 0.5) is 5.69 Å². The quantitative estimate of drug-likeness (QED) is 0.628. The van der Waals surface area contributed by atoms with Crippen LogP contribution in [0, 0.1) is 17.0 Å². The lowest BCUT2D eigenvalue weighted by Gasteiger charge is -2.31. The third-order valence-corrected chi connectivity index (χ3v) is 4.08. The van der Waals surface area contributed by atoms with Crippen LogP contribution in [0.2, 0.25) is 0 Å². The van der Waals surface area contributed by atoms with Crippen LogP contribution >= 0.6 is 0 Å². The second kappa shape index (κ2) is 6.03. The summed E-state index contributed by atoms with van der Waals surface area (Å²) >= 11 is 0. The normalized spacial score (nSPS) is 15.9. The highest BCUT2D eigenvalue weighted by atomic mass is 16.6. The molecule has 0 unspecified atom stereocenters. The molecule has 0 aromatic heterocycles. The number of benzene rings is 1. The summed E-state index contributed by atoms with van der Waals surface area (Å²) in [5.74, 6) is -0.0464. The molecule has 0 bridgehead atoms. The van der Waals surface area contributed by atoms with Gasteiger partial charge in [0.1, 0.15) is 0 Å². The minimum Gasteiger partial charge on any atom is -0.339 e. The topological polar surface area (TPSA) is 63.5 Å². The highest BCUT2D eigenvalue weighted by Gasteiger charge is 2.23. The molecule has 1 aliphatic carbocycles. The van der Waals surface area contributed by atoms with E-state index in [-0.39, 0.29) is 11.6 Å². The Bertz CT molecular complexity index is 522. The zero-order chi connectivity index (χ0) is 14.7. The number of hydrogen-bond donors (Lipinski definition) is 0. The molecule has 5 heteroatoms. The van der Waals surface area contributed by atoms with Crippen LogP contribution in [-0.2, 0) is 0 Å². The molecule has 20 heavy (non-hydrogen) atoms. The van der Waals surface area contributed by atoms with Gasteiger partial charge in [-0.2, -0.15) is 0 Å². The summed E-state index contributed by atoms with van der Waals surface area (Å²) < 4.78 is 0. The lowest BCUT2D eigenvalue weighted by atomic mass is 9.94. The van der Waals surface area contributed by atoms with Crippen molar-refractivity contribution in [3.8, 4) is 0 Å². The van der Waals surface area contributed by atoms with Crippen LogP contribution in [0.5, 0.6) is 0 Å². The average Bonchev–Trinajstić information content (AvgIpc) is 2.46. The van der Waals surface area contributed by atoms with E-state index >= 15 is 0 Å². The lowest BCUT2D eigenvalue weighted by Crippen LogP contribution is -2.38. The van der Waals surface area contributed by atoms with Crippen LogP contribution in [0.15, 0.2) is 18.2 Å². The van der Waals surface area contributed by atoms with Gasteiger partial charge in [-0.05, 0) is 31.9 Å². The maximum Gasteiger partial charge on any atom is 0.272 e. The highest BCUT2D eigenvalue weighted by Crippen LogP contribution is 2.24. The Morgan fingerprint density at radius 2 is 1.95 bits per heavy atom. The van der Waals surface area contributed by atoms with Gasteiger partial charge >= 0.3 is 0 Å². The molecule has 1 saturated carbocycles. The van der Waals surface area contributed by atoms with Gasteiger partial charge in [0.05, 0.1) is 4.92 Å². The first-order valence-electron chi connectivity index (χ1n) is 7.03. The fourth-order valence-electron chi connectivity index (χ4n) is 2.83. The molecule has 1 aromatic rings. The lowest BCUT2D eigenvalue weighted by molar-refractivity contribution is -0.385. The van der Waals surface area contributed by atoms with E-state index in [1.165, 1.54) is 25.3 Å². The molecule has 2 rings (SSSR count). The second-order valence-corrected chi connectivity index (χ2v) is 5.47. The Morgan fingerprint density at radius 1 is 1.30 bits per heavy atom. The first-order chi connectivity index (χ1) is 9.50. The zero-order valence-electron chi connectivity index (χ0n) is 12.0. The largest absolute Gasteiger partial charge is 0.339 e. The maximum absolute atomic E-state index is 12.4. The molecule has 0 aliphatic heterocycles. The molecule has 0 heterocycles. The summed E-state index contributed by atoms with van der Waals surface area (Å²) in [6.45, 7) is 1.66. The van der Waals surface area contributed by atoms with E-state index in [0.29, 0.717) is 17.2 Å². The van der Waals surface area contributed by atoms with Gasteiger partial charge in [0.2, 0.25) is 0 Å². The van der Waals surface area contributed by atoms with Crippen LogP contribution in [-0.4, -0.2) is 28.8 Å². The second-order valence-electron chi connectivity index (χ2n) is 5.47. The van der Waals surface area contributed by atoms with E-state index in [1.54, 1.807) is 24.0 Å². The summed E-state index contributed by atoms with van der Waals surface area (Å²) in [6, 6.07) is 4.87. The first kappa shape index (κ1) is 14.5. The number of amides is 1. The number of nitro groups is 1. The van der Waals surface area contributed by atoms with Crippen molar-refractivity contribution in [2.75, 3.05) is 7.05 Å². The molecule has 0 spiro atoms. The summed E-state index contributed by atoms with van der Waals surface area (Å²) in [5, 5.41) is 10.8. The summed E-state index contributed by atoms with van der Waals surface area (Å²) in [6.07, 6.45) is 5.68. The predicted molar refractivity (Wildman–Crippen MR) is 76.8 cm³/mol. The minimum atomic E-state index is -0.422. The number of hydrogen-bond acceptors (Lipinski definition) is 3. The van der Waals surface area contributed by atoms with Gasteiger partial charge in [0.15, 0.2) is 0 Å². The maximum atomic E-state index is 12.4. The van der Waals surface area contributed by atoms with Crippen molar-refractivity contribution in [2.45, 2.75) is 45.1 Å². The van der Waals surface area contributed by atoms with Gasteiger partial charge in [-0.1, -0.05) is 19.3 Å². The Balaban J connectivity index is 2.16. The number of aryl methyl sites for hydroxylation is 1. The first-order valence-corrected chi connectivity index (χ1v) is 7.03. The number of rotatable bonds is 3. The smallest absolute Gasteiger partial charge is 0.272 e. The molecule has 1 aromatic carbocycles. The molecule has 108 valence electrons. The average molecular weight is 276 g/mol. The molecule has 1 fully saturated rings. The third kappa shape index (κ3) is 2.98. The van der Waals surface area contributed by atoms with Gasteiger partial charge in [0, 0.05) is 30.3 Å². The summed E-state index contributed by atoms with van der Waals surface area (Å²) in [4.78, 5) is 24.6. The van der Waals surface area contributed by atoms with Crippen molar-refractivity contribution >= 4 is 11.6 Å². The van der Waals surface area contributed by atoms with E-state index < -0.39 is 4.92 Å². The van der Waals surface area contributed by atoms with Gasteiger partial charge in [-0.3, -0.25) is 14.9 Å². The van der Waals surface area contributed by atoms with Crippen LogP contribution in [0.1, 0.15) is 48.0 Å². The van der Waals surface area contributed by atoms with Crippen molar-refractivity contribution in [3.05, 3.63) is 39.4 Å². The van der Waals surface area contributed by atoms with Crippen molar-refractivity contribution < 1.29 is 9.72 Å². The predicted octanol–water partition coefficient (Wildman–Crippen LogP) is 3.31. The molecule has 0 saturated heterocycles. The molecule has 0 N–H and O–H groups in total. The Morgan fingerprint density at radius 3 is 2.50 bits per heavy atom. The van der Waals surface area contributed by atoms with Crippen molar-refractivity contribution in [1.29, 1.82) is 0 Å². The van der Waals surface area contributed by atoms with Crippen molar-refractivity contribution in [3.63, 3.8) is 0 Å². The fourth-order valence-corrected chi connectivity index (χ4v) is 2.83. The molecular weight excluding hydrogens is 256 g/mol. The van der Waals surface area contributed by atoms with Crippen LogP contribution in [0.3, 0.4) is 0 Å². The van der Waals surface area contributed by atoms with Crippen LogP contribution < -0.4 is 0 Å². The SMILES string of the molecule is Cc1cc(C(=O)N(C)C2CCCCC2)ccc1[N+](=O)[O-]. The number of nitrogens with zero attached hydrogens (tertiary/aromatic N) is 2. The Hall–Kier alpha value is -1.91. The summed E-state index contributed by atoms with van der Waals surface area (Å²) in [5.41, 5.74) is 1.11. The van der Waals surface area contributed by atoms with E-state index in [0.717, 1.165) is 12.8 Å². The molecule has 5 nitrogen and oxygen atoms in total. The van der Waals surface area contributed by atoms with E-state index in [9.17, 15) is 14.9 Å². The van der Waals surface area contributed by atoms with E-state index in [2.05, 4.69) is 0 Å². The molecule has 0 atom stereocenters. The molecule has 1 amide bonds. The van der Waals surface area contributed by atoms with E-state index in [1.807, 2.05) is 7.05 Å². The molecule has 1 aliphatic rings. The summed E-state index contributed by atoms with van der Waals surface area (Å²) in [7, 11) is 1.83. The standard InChI is InChI=1S/C15H20N2O3/c1-11-10-12(8-9-14(11)17(19)20)15(18)16(2)13-6-4-3-5-7-13/h8-10,13H,3-7H2,1-2H3. The van der Waals surface area contributed by atoms with Crippen molar-refractivity contribution in [2.24, 2.45) is 0 Å². The fraction of sp³-hybridized carbons (Fsp3) is 0.533. The number of nitro benzene ring substituents is 1.